The molecule has 1 aliphatic rings. The van der Waals surface area contributed by atoms with Crippen LogP contribution in [0.1, 0.15) is 23.9 Å². The van der Waals surface area contributed by atoms with Gasteiger partial charge in [-0.25, -0.2) is 0 Å². The first-order valence-corrected chi connectivity index (χ1v) is 8.01. The van der Waals surface area contributed by atoms with E-state index in [0.29, 0.717) is 23.7 Å². The molecule has 3 rings (SSSR count). The summed E-state index contributed by atoms with van der Waals surface area (Å²) in [6.07, 6.45) is 0.229. The summed E-state index contributed by atoms with van der Waals surface area (Å²) in [7, 11) is 1.89. The molecule has 0 aliphatic carbocycles. The van der Waals surface area contributed by atoms with Crippen molar-refractivity contribution in [2.75, 3.05) is 11.4 Å². The SMILES string of the molecule is Cc1nn(C)c(C)c1CC(=O)N1CC(C)Oc2c(Cl)cccc21. The number of rotatable bonds is 2. The lowest BCUT2D eigenvalue weighted by atomic mass is 10.1. The van der Waals surface area contributed by atoms with E-state index < -0.39 is 0 Å². The van der Waals surface area contributed by atoms with Gasteiger partial charge in [0.25, 0.3) is 0 Å². The van der Waals surface area contributed by atoms with Gasteiger partial charge in [0.15, 0.2) is 5.75 Å². The Balaban J connectivity index is 1.93. The van der Waals surface area contributed by atoms with Crippen LogP contribution < -0.4 is 9.64 Å². The number of fused-ring (bicyclic) bond motifs is 1. The van der Waals surface area contributed by atoms with E-state index >= 15 is 0 Å². The minimum Gasteiger partial charge on any atom is -0.485 e. The van der Waals surface area contributed by atoms with Crippen molar-refractivity contribution >= 4 is 23.2 Å². The molecule has 0 radical (unpaired) electrons. The van der Waals surface area contributed by atoms with Crippen molar-refractivity contribution in [3.8, 4) is 5.75 Å². The lowest BCUT2D eigenvalue weighted by Crippen LogP contribution is -2.43. The van der Waals surface area contributed by atoms with Gasteiger partial charge in [-0.2, -0.15) is 5.10 Å². The van der Waals surface area contributed by atoms with Crippen LogP contribution in [0.2, 0.25) is 5.02 Å². The number of aromatic nitrogens is 2. The molecule has 6 heteroatoms. The van der Waals surface area contributed by atoms with Crippen molar-refractivity contribution in [3.63, 3.8) is 0 Å². The predicted molar refractivity (Wildman–Crippen MR) is 90.3 cm³/mol. The van der Waals surface area contributed by atoms with Gasteiger partial charge in [0, 0.05) is 18.3 Å². The normalized spacial score (nSPS) is 16.9. The number of carbonyl (C=O) groups is 1. The molecule has 23 heavy (non-hydrogen) atoms. The Hall–Kier alpha value is -2.01. The third kappa shape index (κ3) is 2.81. The highest BCUT2D eigenvalue weighted by Gasteiger charge is 2.29. The maximum Gasteiger partial charge on any atom is 0.231 e. The van der Waals surface area contributed by atoms with Gasteiger partial charge in [0.05, 0.1) is 29.4 Å². The number of anilines is 1. The van der Waals surface area contributed by atoms with Gasteiger partial charge in [-0.1, -0.05) is 17.7 Å². The fourth-order valence-corrected chi connectivity index (χ4v) is 3.19. The molecule has 0 saturated heterocycles. The first-order valence-electron chi connectivity index (χ1n) is 7.63. The molecule has 0 fully saturated rings. The number of halogens is 1. The fraction of sp³-hybridized carbons (Fsp3) is 0.412. The minimum absolute atomic E-state index is 0.0304. The molecule has 1 aromatic carbocycles. The van der Waals surface area contributed by atoms with Crippen molar-refractivity contribution in [1.82, 2.24) is 9.78 Å². The van der Waals surface area contributed by atoms with E-state index in [9.17, 15) is 4.79 Å². The predicted octanol–water partition coefficient (Wildman–Crippen LogP) is 3.05. The van der Waals surface area contributed by atoms with Gasteiger partial charge in [-0.3, -0.25) is 9.48 Å². The molecule has 5 nitrogen and oxygen atoms in total. The summed E-state index contributed by atoms with van der Waals surface area (Å²) in [6.45, 7) is 6.37. The zero-order valence-electron chi connectivity index (χ0n) is 13.8. The van der Waals surface area contributed by atoms with Crippen LogP contribution in [0.3, 0.4) is 0 Å². The maximum absolute atomic E-state index is 12.9. The number of ether oxygens (including phenoxy) is 1. The summed E-state index contributed by atoms with van der Waals surface area (Å²) in [5.74, 6) is 0.615. The van der Waals surface area contributed by atoms with Gasteiger partial charge < -0.3 is 9.64 Å². The van der Waals surface area contributed by atoms with E-state index in [1.165, 1.54) is 0 Å². The van der Waals surface area contributed by atoms with Crippen LogP contribution in [0.25, 0.3) is 0 Å². The number of benzene rings is 1. The molecule has 122 valence electrons. The van der Waals surface area contributed by atoms with Crippen LogP contribution in [0.4, 0.5) is 5.69 Å². The molecule has 0 spiro atoms. The Kier molecular flexibility index (Phi) is 4.06. The number of hydrogen-bond acceptors (Lipinski definition) is 3. The molecule has 0 saturated carbocycles. The topological polar surface area (TPSA) is 47.4 Å². The van der Waals surface area contributed by atoms with Gasteiger partial charge >= 0.3 is 0 Å². The summed E-state index contributed by atoms with van der Waals surface area (Å²) < 4.78 is 7.61. The van der Waals surface area contributed by atoms with E-state index in [4.69, 9.17) is 16.3 Å². The number of para-hydroxylation sites is 1. The second-order valence-electron chi connectivity index (χ2n) is 5.97. The smallest absolute Gasteiger partial charge is 0.231 e. The summed E-state index contributed by atoms with van der Waals surface area (Å²) >= 11 is 6.22. The average molecular weight is 334 g/mol. The molecule has 2 aromatic rings. The quantitative estimate of drug-likeness (QED) is 0.848. The highest BCUT2D eigenvalue weighted by Crippen LogP contribution is 2.39. The standard InChI is InChI=1S/C17H20ClN3O2/c1-10-9-21(15-7-5-6-14(18)17(15)23-10)16(22)8-13-11(2)19-20(4)12(13)3/h5-7,10H,8-9H2,1-4H3. The summed E-state index contributed by atoms with van der Waals surface area (Å²) in [5, 5.41) is 4.91. The first-order chi connectivity index (χ1) is 10.9. The Labute approximate surface area is 140 Å². The molecule has 0 bridgehead atoms. The number of amides is 1. The number of hydrogen-bond donors (Lipinski definition) is 0. The zero-order chi connectivity index (χ0) is 16.7. The highest BCUT2D eigenvalue weighted by molar-refractivity contribution is 6.32. The summed E-state index contributed by atoms with van der Waals surface area (Å²) in [6, 6.07) is 5.48. The lowest BCUT2D eigenvalue weighted by Gasteiger charge is -2.34. The third-order valence-corrected chi connectivity index (χ3v) is 4.58. The number of nitrogens with zero attached hydrogens (tertiary/aromatic N) is 3. The molecule has 2 heterocycles. The summed E-state index contributed by atoms with van der Waals surface area (Å²) in [5.41, 5.74) is 3.63. The lowest BCUT2D eigenvalue weighted by molar-refractivity contribution is -0.118. The van der Waals surface area contributed by atoms with E-state index in [-0.39, 0.29) is 12.0 Å². The Morgan fingerprint density at radius 1 is 1.43 bits per heavy atom. The van der Waals surface area contributed by atoms with E-state index in [1.54, 1.807) is 11.0 Å². The van der Waals surface area contributed by atoms with E-state index in [0.717, 1.165) is 22.6 Å². The van der Waals surface area contributed by atoms with Crippen molar-refractivity contribution in [1.29, 1.82) is 0 Å². The third-order valence-electron chi connectivity index (χ3n) is 4.28. The van der Waals surface area contributed by atoms with Crippen molar-refractivity contribution in [2.45, 2.75) is 33.3 Å². The molecular weight excluding hydrogens is 314 g/mol. The van der Waals surface area contributed by atoms with E-state index in [2.05, 4.69) is 5.10 Å². The van der Waals surface area contributed by atoms with Crippen LogP contribution in [-0.4, -0.2) is 28.3 Å². The molecule has 1 amide bonds. The molecule has 1 unspecified atom stereocenters. The second-order valence-corrected chi connectivity index (χ2v) is 6.38. The van der Waals surface area contributed by atoms with Gasteiger partial charge in [-0.15, -0.1) is 0 Å². The highest BCUT2D eigenvalue weighted by atomic mass is 35.5. The van der Waals surface area contributed by atoms with Crippen LogP contribution in [0.15, 0.2) is 18.2 Å². The van der Waals surface area contributed by atoms with Gasteiger partial charge in [0.2, 0.25) is 5.91 Å². The monoisotopic (exact) mass is 333 g/mol. The van der Waals surface area contributed by atoms with Crippen LogP contribution in [-0.2, 0) is 18.3 Å². The Bertz CT molecular complexity index is 769. The van der Waals surface area contributed by atoms with Crippen molar-refractivity contribution < 1.29 is 9.53 Å². The second kappa shape index (κ2) is 5.89. The molecule has 1 atom stereocenters. The van der Waals surface area contributed by atoms with Crippen LogP contribution in [0, 0.1) is 13.8 Å². The van der Waals surface area contributed by atoms with Crippen LogP contribution in [0.5, 0.6) is 5.75 Å². The van der Waals surface area contributed by atoms with Gasteiger partial charge in [0.1, 0.15) is 6.10 Å². The van der Waals surface area contributed by atoms with Crippen LogP contribution >= 0.6 is 11.6 Å². The molecule has 0 N–H and O–H groups in total. The largest absolute Gasteiger partial charge is 0.485 e. The molecule has 1 aromatic heterocycles. The summed E-state index contributed by atoms with van der Waals surface area (Å²) in [4.78, 5) is 14.7. The van der Waals surface area contributed by atoms with Gasteiger partial charge in [-0.05, 0) is 32.9 Å². The average Bonchev–Trinajstić information content (AvgIpc) is 2.74. The molecular formula is C17H20ClN3O2. The zero-order valence-corrected chi connectivity index (χ0v) is 14.5. The van der Waals surface area contributed by atoms with Crippen molar-refractivity contribution in [3.05, 3.63) is 40.2 Å². The minimum atomic E-state index is -0.0950. The number of aryl methyl sites for hydroxylation is 2. The maximum atomic E-state index is 12.9. The van der Waals surface area contributed by atoms with Crippen molar-refractivity contribution in [2.24, 2.45) is 7.05 Å². The Morgan fingerprint density at radius 2 is 2.17 bits per heavy atom. The van der Waals surface area contributed by atoms with E-state index in [1.807, 2.05) is 44.6 Å². The first kappa shape index (κ1) is 15.9. The Morgan fingerprint density at radius 3 is 2.83 bits per heavy atom. The number of carbonyl (C=O) groups excluding carboxylic acids is 1. The fourth-order valence-electron chi connectivity index (χ4n) is 2.98. The molecule has 1 aliphatic heterocycles.